The molecule has 2 aliphatic heterocycles. The van der Waals surface area contributed by atoms with Crippen molar-refractivity contribution in [2.45, 2.75) is 38.5 Å². The molecule has 0 bridgehead atoms. The Hall–Kier alpha value is -3.68. The summed E-state index contributed by atoms with van der Waals surface area (Å²) in [6.45, 7) is 2.93. The fourth-order valence-corrected chi connectivity index (χ4v) is 4.36. The molecule has 0 aliphatic carbocycles. The number of halogens is 3. The maximum Gasteiger partial charge on any atom is 0.416 e. The summed E-state index contributed by atoms with van der Waals surface area (Å²) in [6, 6.07) is 11.5. The van der Waals surface area contributed by atoms with E-state index in [0.29, 0.717) is 11.1 Å². The van der Waals surface area contributed by atoms with Crippen LogP contribution in [0.25, 0.3) is 0 Å². The molecule has 10 heteroatoms. The number of ketones is 1. The first-order valence-corrected chi connectivity index (χ1v) is 10.7. The van der Waals surface area contributed by atoms with Crippen molar-refractivity contribution in [3.8, 4) is 6.07 Å². The Bertz CT molecular complexity index is 1230. The molecule has 2 heterocycles. The van der Waals surface area contributed by atoms with Crippen molar-refractivity contribution < 1.29 is 32.2 Å². The third-order valence-electron chi connectivity index (χ3n) is 6.06. The molecular weight excluding hydrogens is 463 g/mol. The number of hydrogen-bond donors (Lipinski definition) is 0. The lowest BCUT2D eigenvalue weighted by atomic mass is 9.90. The van der Waals surface area contributed by atoms with E-state index >= 15 is 0 Å². The Morgan fingerprint density at radius 2 is 1.89 bits per heavy atom. The van der Waals surface area contributed by atoms with Gasteiger partial charge in [0.1, 0.15) is 6.10 Å². The van der Waals surface area contributed by atoms with Crippen molar-refractivity contribution >= 4 is 17.5 Å². The number of amides is 2. The minimum Gasteiger partial charge on any atom is -0.353 e. The third kappa shape index (κ3) is 4.65. The smallest absolute Gasteiger partial charge is 0.353 e. The van der Waals surface area contributed by atoms with Crippen LogP contribution in [0.2, 0.25) is 0 Å². The van der Waals surface area contributed by atoms with E-state index < -0.39 is 36.2 Å². The van der Waals surface area contributed by atoms with E-state index in [1.54, 1.807) is 24.3 Å². The number of epoxide rings is 1. The molecule has 1 fully saturated rings. The second-order valence-corrected chi connectivity index (χ2v) is 8.29. The number of carbonyl (C=O) groups is 2. The Labute approximate surface area is 199 Å². The van der Waals surface area contributed by atoms with Crippen LogP contribution in [0.5, 0.6) is 0 Å². The second kappa shape index (κ2) is 9.17. The van der Waals surface area contributed by atoms with Gasteiger partial charge >= 0.3 is 12.2 Å². The Balaban J connectivity index is 1.87. The first-order valence-electron chi connectivity index (χ1n) is 10.7. The van der Waals surface area contributed by atoms with Crippen LogP contribution in [0, 0.1) is 11.3 Å². The monoisotopic (exact) mass is 485 g/mol. The van der Waals surface area contributed by atoms with Crippen LogP contribution in [-0.4, -0.2) is 42.8 Å². The van der Waals surface area contributed by atoms with E-state index in [0.717, 1.165) is 17.0 Å². The zero-order valence-corrected chi connectivity index (χ0v) is 19.2. The predicted octanol–water partition coefficient (Wildman–Crippen LogP) is 4.79. The number of allylic oxidation sites excluding steroid dienone is 1. The van der Waals surface area contributed by atoms with Gasteiger partial charge < -0.3 is 14.4 Å². The van der Waals surface area contributed by atoms with E-state index in [4.69, 9.17) is 14.7 Å². The number of rotatable bonds is 6. The van der Waals surface area contributed by atoms with Crippen LogP contribution in [0.1, 0.15) is 36.6 Å². The van der Waals surface area contributed by atoms with Gasteiger partial charge in [-0.25, -0.2) is 4.79 Å². The number of nitriles is 1. The number of anilines is 1. The molecule has 0 spiro atoms. The van der Waals surface area contributed by atoms with Gasteiger partial charge in [0.05, 0.1) is 35.5 Å². The molecule has 182 valence electrons. The van der Waals surface area contributed by atoms with E-state index in [1.807, 2.05) is 6.07 Å². The summed E-state index contributed by atoms with van der Waals surface area (Å²) in [6.07, 6.45) is -5.59. The lowest BCUT2D eigenvalue weighted by Gasteiger charge is -2.43. The summed E-state index contributed by atoms with van der Waals surface area (Å²) in [5, 5.41) is 9.14. The molecule has 2 aliphatic rings. The molecular formula is C25H22F3N3O4. The highest BCUT2D eigenvalue weighted by molar-refractivity contribution is 6.04. The van der Waals surface area contributed by atoms with E-state index in [1.165, 1.54) is 38.0 Å². The first-order chi connectivity index (χ1) is 16.6. The maximum atomic E-state index is 13.8. The number of carbonyl (C=O) groups excluding carboxylic acids is 2. The lowest BCUT2D eigenvalue weighted by Crippen LogP contribution is -2.52. The van der Waals surface area contributed by atoms with E-state index in [-0.39, 0.29) is 29.3 Å². The van der Waals surface area contributed by atoms with Crippen molar-refractivity contribution in [1.82, 2.24) is 4.90 Å². The van der Waals surface area contributed by atoms with Gasteiger partial charge in [-0.05, 0) is 49.7 Å². The van der Waals surface area contributed by atoms with E-state index in [2.05, 4.69) is 0 Å². The standard InChI is InChI=1S/C25H22F3N3O4/c1-14-21(15(2)32)22(17-9-7-16(12-29)8-10-17)30(13-20-23(34-3)35-20)24(33)31(14)19-6-4-5-18(11-19)25(26,27)28/h4-11,20,22-23H,13H2,1-3H3. The molecule has 3 atom stereocenters. The molecule has 4 rings (SSSR count). The van der Waals surface area contributed by atoms with Gasteiger partial charge in [0.25, 0.3) is 0 Å². The molecule has 0 aromatic heterocycles. The lowest BCUT2D eigenvalue weighted by molar-refractivity contribution is -0.137. The summed E-state index contributed by atoms with van der Waals surface area (Å²) in [7, 11) is 1.46. The number of nitrogens with zero attached hydrogens (tertiary/aromatic N) is 3. The van der Waals surface area contributed by atoms with Gasteiger partial charge in [0.2, 0.25) is 0 Å². The van der Waals surface area contributed by atoms with Gasteiger partial charge in [0.15, 0.2) is 12.1 Å². The minimum atomic E-state index is -4.60. The van der Waals surface area contributed by atoms with Gasteiger partial charge in [0, 0.05) is 18.4 Å². The molecule has 3 unspecified atom stereocenters. The number of benzene rings is 2. The highest BCUT2D eigenvalue weighted by Crippen LogP contribution is 2.42. The fraction of sp³-hybridized carbons (Fsp3) is 0.320. The number of urea groups is 1. The number of hydrogen-bond acceptors (Lipinski definition) is 5. The topological polar surface area (TPSA) is 86.2 Å². The summed E-state index contributed by atoms with van der Waals surface area (Å²) in [4.78, 5) is 29.2. The Kier molecular flexibility index (Phi) is 6.40. The minimum absolute atomic E-state index is 0.00985. The van der Waals surface area contributed by atoms with Crippen LogP contribution >= 0.6 is 0 Å². The number of ether oxygens (including phenoxy) is 2. The summed E-state index contributed by atoms with van der Waals surface area (Å²) in [5.41, 5.74) is 0.548. The van der Waals surface area contributed by atoms with Gasteiger partial charge in [-0.2, -0.15) is 18.4 Å². The van der Waals surface area contributed by atoms with Gasteiger partial charge in [-0.15, -0.1) is 0 Å². The van der Waals surface area contributed by atoms with Crippen LogP contribution < -0.4 is 4.90 Å². The molecule has 7 nitrogen and oxygen atoms in total. The molecule has 0 N–H and O–H groups in total. The predicted molar refractivity (Wildman–Crippen MR) is 119 cm³/mol. The average Bonchev–Trinajstić information content (AvgIpc) is 3.58. The first kappa shape index (κ1) is 24.4. The van der Waals surface area contributed by atoms with Crippen LogP contribution in [-0.2, 0) is 20.4 Å². The van der Waals surface area contributed by atoms with Crippen LogP contribution in [0.3, 0.4) is 0 Å². The maximum absolute atomic E-state index is 13.8. The number of alkyl halides is 3. The van der Waals surface area contributed by atoms with Gasteiger partial charge in [-0.1, -0.05) is 18.2 Å². The molecule has 35 heavy (non-hydrogen) atoms. The van der Waals surface area contributed by atoms with Crippen molar-refractivity contribution in [3.05, 3.63) is 76.5 Å². The summed E-state index contributed by atoms with van der Waals surface area (Å²) >= 11 is 0. The molecule has 1 saturated heterocycles. The fourth-order valence-electron chi connectivity index (χ4n) is 4.36. The van der Waals surface area contributed by atoms with Crippen molar-refractivity contribution in [3.63, 3.8) is 0 Å². The highest BCUT2D eigenvalue weighted by atomic mass is 19.4. The van der Waals surface area contributed by atoms with E-state index in [9.17, 15) is 22.8 Å². The zero-order valence-electron chi connectivity index (χ0n) is 19.2. The Morgan fingerprint density at radius 3 is 2.43 bits per heavy atom. The molecule has 2 amide bonds. The normalized spacial score (nSPS) is 22.3. The third-order valence-corrected chi connectivity index (χ3v) is 6.06. The van der Waals surface area contributed by atoms with Crippen molar-refractivity contribution in [2.75, 3.05) is 18.6 Å². The van der Waals surface area contributed by atoms with Gasteiger partial charge in [-0.3, -0.25) is 9.69 Å². The largest absolute Gasteiger partial charge is 0.416 e. The second-order valence-electron chi connectivity index (χ2n) is 8.29. The number of Topliss-reactive ketones (excluding diaryl/α,β-unsaturated/α-hetero) is 1. The molecule has 0 saturated carbocycles. The molecule has 2 aromatic rings. The summed E-state index contributed by atoms with van der Waals surface area (Å²) in [5.74, 6) is -0.341. The Morgan fingerprint density at radius 1 is 1.20 bits per heavy atom. The molecule has 2 aromatic carbocycles. The SMILES string of the molecule is COC1OC1CN1C(=O)N(c2cccc(C(F)(F)F)c2)C(C)=C(C(C)=O)C1c1ccc(C#N)cc1. The van der Waals surface area contributed by atoms with Crippen molar-refractivity contribution in [2.24, 2.45) is 0 Å². The zero-order chi connectivity index (χ0) is 25.5. The quantitative estimate of drug-likeness (QED) is 0.549. The van der Waals surface area contributed by atoms with Crippen LogP contribution in [0.15, 0.2) is 59.8 Å². The highest BCUT2D eigenvalue weighted by Gasteiger charge is 2.48. The van der Waals surface area contributed by atoms with Crippen LogP contribution in [0.4, 0.5) is 23.7 Å². The molecule has 0 radical (unpaired) electrons. The van der Waals surface area contributed by atoms with Crippen molar-refractivity contribution in [1.29, 1.82) is 5.26 Å². The number of methoxy groups -OCH3 is 1. The average molecular weight is 485 g/mol. The summed E-state index contributed by atoms with van der Waals surface area (Å²) < 4.78 is 50.8.